The van der Waals surface area contributed by atoms with Crippen LogP contribution in [0.1, 0.15) is 16.9 Å². The molecular formula is C12H18N4O3. The zero-order valence-corrected chi connectivity index (χ0v) is 10.8. The molecule has 0 bridgehead atoms. The van der Waals surface area contributed by atoms with Gasteiger partial charge in [0.05, 0.1) is 6.61 Å². The second kappa shape index (κ2) is 5.96. The van der Waals surface area contributed by atoms with Crippen molar-refractivity contribution < 1.29 is 14.3 Å². The molecule has 2 rings (SSSR count). The molecule has 1 amide bonds. The van der Waals surface area contributed by atoms with E-state index in [1.54, 1.807) is 25.3 Å². The van der Waals surface area contributed by atoms with Crippen LogP contribution in [0.25, 0.3) is 0 Å². The molecule has 1 atom stereocenters. The standard InChI is InChI=1S/C12H18N4O3/c1-18-12(5-6-19-8-12)7-14-11(17)9-3-2-4-10(15-9)16-13/h2-4H,5-8,13H2,1H3,(H,14,17)(H,15,16). The predicted molar refractivity (Wildman–Crippen MR) is 69.6 cm³/mol. The lowest BCUT2D eigenvalue weighted by Gasteiger charge is -2.25. The van der Waals surface area contributed by atoms with E-state index >= 15 is 0 Å². The molecule has 4 N–H and O–H groups in total. The molecule has 7 heteroatoms. The zero-order valence-electron chi connectivity index (χ0n) is 10.8. The fourth-order valence-corrected chi connectivity index (χ4v) is 1.93. The quantitative estimate of drug-likeness (QED) is 0.508. The molecule has 1 aromatic rings. The first-order valence-corrected chi connectivity index (χ1v) is 6.04. The number of carbonyl (C=O) groups is 1. The monoisotopic (exact) mass is 266 g/mol. The molecule has 1 aliphatic rings. The maximum absolute atomic E-state index is 12.0. The number of ether oxygens (including phenoxy) is 2. The summed E-state index contributed by atoms with van der Waals surface area (Å²) in [5.74, 6) is 5.43. The Balaban J connectivity index is 1.97. The molecule has 0 spiro atoms. The first kappa shape index (κ1) is 13.7. The van der Waals surface area contributed by atoms with Crippen LogP contribution in [0, 0.1) is 0 Å². The maximum Gasteiger partial charge on any atom is 0.270 e. The number of nitrogens with one attached hydrogen (secondary N) is 2. The summed E-state index contributed by atoms with van der Waals surface area (Å²) in [5.41, 5.74) is 2.28. The summed E-state index contributed by atoms with van der Waals surface area (Å²) < 4.78 is 10.7. The SMILES string of the molecule is COC1(CNC(=O)c2cccc(NN)n2)CCOC1. The molecule has 104 valence electrons. The number of aromatic nitrogens is 1. The van der Waals surface area contributed by atoms with E-state index in [9.17, 15) is 4.79 Å². The minimum Gasteiger partial charge on any atom is -0.378 e. The Morgan fingerprint density at radius 3 is 3.11 bits per heavy atom. The van der Waals surface area contributed by atoms with Crippen LogP contribution >= 0.6 is 0 Å². The van der Waals surface area contributed by atoms with Gasteiger partial charge in [0.25, 0.3) is 5.91 Å². The molecule has 1 aromatic heterocycles. The highest BCUT2D eigenvalue weighted by Gasteiger charge is 2.35. The number of anilines is 1. The minimum absolute atomic E-state index is 0.263. The van der Waals surface area contributed by atoms with Crippen molar-refractivity contribution in [2.45, 2.75) is 12.0 Å². The first-order valence-electron chi connectivity index (χ1n) is 6.04. The van der Waals surface area contributed by atoms with E-state index in [1.165, 1.54) is 0 Å². The van der Waals surface area contributed by atoms with Gasteiger partial charge in [-0.2, -0.15) is 0 Å². The number of nitrogens with zero attached hydrogens (tertiary/aromatic N) is 1. The fraction of sp³-hybridized carbons (Fsp3) is 0.500. The number of methoxy groups -OCH3 is 1. The van der Waals surface area contributed by atoms with E-state index in [0.717, 1.165) is 6.42 Å². The Morgan fingerprint density at radius 1 is 1.63 bits per heavy atom. The second-order valence-corrected chi connectivity index (χ2v) is 4.42. The average Bonchev–Trinajstić information content (AvgIpc) is 2.94. The van der Waals surface area contributed by atoms with Crippen molar-refractivity contribution in [2.24, 2.45) is 5.84 Å². The van der Waals surface area contributed by atoms with E-state index in [2.05, 4.69) is 15.7 Å². The predicted octanol–water partition coefficient (Wildman–Crippen LogP) is -0.0975. The molecule has 0 saturated carbocycles. The third kappa shape index (κ3) is 3.19. The van der Waals surface area contributed by atoms with Gasteiger partial charge in [0.2, 0.25) is 0 Å². The Bertz CT molecular complexity index is 446. The van der Waals surface area contributed by atoms with Crippen LogP contribution in [-0.4, -0.2) is 43.4 Å². The number of pyridine rings is 1. The Hall–Kier alpha value is -1.70. The van der Waals surface area contributed by atoms with Crippen molar-refractivity contribution in [2.75, 3.05) is 32.3 Å². The molecule has 19 heavy (non-hydrogen) atoms. The van der Waals surface area contributed by atoms with E-state index in [-0.39, 0.29) is 5.91 Å². The zero-order chi connectivity index (χ0) is 13.7. The molecule has 1 saturated heterocycles. The summed E-state index contributed by atoms with van der Waals surface area (Å²) in [4.78, 5) is 16.1. The molecule has 0 aliphatic carbocycles. The number of hydrogen-bond donors (Lipinski definition) is 3. The Labute approximate surface area is 111 Å². The summed E-state index contributed by atoms with van der Waals surface area (Å²) in [6.07, 6.45) is 0.765. The van der Waals surface area contributed by atoms with Gasteiger partial charge in [-0.1, -0.05) is 6.07 Å². The van der Waals surface area contributed by atoms with E-state index in [4.69, 9.17) is 15.3 Å². The molecule has 0 radical (unpaired) electrons. The minimum atomic E-state index is -0.431. The van der Waals surface area contributed by atoms with Gasteiger partial charge < -0.3 is 20.2 Å². The molecular weight excluding hydrogens is 248 g/mol. The Morgan fingerprint density at radius 2 is 2.47 bits per heavy atom. The van der Waals surface area contributed by atoms with Gasteiger partial charge >= 0.3 is 0 Å². The van der Waals surface area contributed by atoms with Gasteiger partial charge in [-0.25, -0.2) is 10.8 Å². The van der Waals surface area contributed by atoms with Crippen LogP contribution in [0.3, 0.4) is 0 Å². The molecule has 2 heterocycles. The van der Waals surface area contributed by atoms with Crippen molar-refractivity contribution in [3.8, 4) is 0 Å². The first-order chi connectivity index (χ1) is 9.19. The van der Waals surface area contributed by atoms with Crippen LogP contribution < -0.4 is 16.6 Å². The summed E-state index contributed by atoms with van der Waals surface area (Å²) in [7, 11) is 1.62. The number of carbonyl (C=O) groups excluding carboxylic acids is 1. The average molecular weight is 266 g/mol. The molecule has 1 aliphatic heterocycles. The summed E-state index contributed by atoms with van der Waals surface area (Å²) >= 11 is 0. The van der Waals surface area contributed by atoms with Crippen LogP contribution in [-0.2, 0) is 9.47 Å². The smallest absolute Gasteiger partial charge is 0.270 e. The van der Waals surface area contributed by atoms with Crippen LogP contribution in [0.2, 0.25) is 0 Å². The van der Waals surface area contributed by atoms with Gasteiger partial charge in [-0.3, -0.25) is 4.79 Å². The van der Waals surface area contributed by atoms with E-state index in [1.807, 2.05) is 0 Å². The molecule has 7 nitrogen and oxygen atoms in total. The highest BCUT2D eigenvalue weighted by Crippen LogP contribution is 2.21. The van der Waals surface area contributed by atoms with E-state index < -0.39 is 5.60 Å². The molecule has 0 aromatic carbocycles. The van der Waals surface area contributed by atoms with Gasteiger partial charge in [0, 0.05) is 26.7 Å². The highest BCUT2D eigenvalue weighted by atomic mass is 16.5. The maximum atomic E-state index is 12.0. The largest absolute Gasteiger partial charge is 0.378 e. The van der Waals surface area contributed by atoms with Crippen LogP contribution in [0.4, 0.5) is 5.82 Å². The Kier molecular flexibility index (Phi) is 4.31. The van der Waals surface area contributed by atoms with Gasteiger partial charge in [0.15, 0.2) is 0 Å². The highest BCUT2D eigenvalue weighted by molar-refractivity contribution is 5.92. The van der Waals surface area contributed by atoms with Crippen molar-refractivity contribution in [3.63, 3.8) is 0 Å². The third-order valence-electron chi connectivity index (χ3n) is 3.20. The molecule has 1 fully saturated rings. The summed E-state index contributed by atoms with van der Waals surface area (Å²) in [6, 6.07) is 5.01. The number of nitrogen functional groups attached to an aromatic ring is 1. The van der Waals surface area contributed by atoms with Crippen LogP contribution in [0.15, 0.2) is 18.2 Å². The van der Waals surface area contributed by atoms with Crippen LogP contribution in [0.5, 0.6) is 0 Å². The number of hydrazine groups is 1. The second-order valence-electron chi connectivity index (χ2n) is 4.42. The number of amides is 1. The third-order valence-corrected chi connectivity index (χ3v) is 3.20. The lowest BCUT2D eigenvalue weighted by Crippen LogP contribution is -2.45. The summed E-state index contributed by atoms with van der Waals surface area (Å²) in [5, 5.41) is 2.81. The number of rotatable bonds is 5. The normalized spacial score (nSPS) is 22.2. The number of hydrogen-bond acceptors (Lipinski definition) is 6. The summed E-state index contributed by atoms with van der Waals surface area (Å²) in [6.45, 7) is 1.53. The van der Waals surface area contributed by atoms with Crippen molar-refractivity contribution in [1.29, 1.82) is 0 Å². The molecule has 1 unspecified atom stereocenters. The van der Waals surface area contributed by atoms with Gasteiger partial charge in [0.1, 0.15) is 17.1 Å². The number of nitrogens with two attached hydrogens (primary N) is 1. The van der Waals surface area contributed by atoms with Crippen molar-refractivity contribution in [3.05, 3.63) is 23.9 Å². The lowest BCUT2D eigenvalue weighted by molar-refractivity contribution is -0.0149. The van der Waals surface area contributed by atoms with Gasteiger partial charge in [-0.05, 0) is 12.1 Å². The van der Waals surface area contributed by atoms with Crippen molar-refractivity contribution in [1.82, 2.24) is 10.3 Å². The van der Waals surface area contributed by atoms with Crippen molar-refractivity contribution >= 4 is 11.7 Å². The fourth-order valence-electron chi connectivity index (χ4n) is 1.93. The topological polar surface area (TPSA) is 98.5 Å². The van der Waals surface area contributed by atoms with E-state index in [0.29, 0.717) is 31.3 Å². The lowest BCUT2D eigenvalue weighted by atomic mass is 10.0. The van der Waals surface area contributed by atoms with Gasteiger partial charge in [-0.15, -0.1) is 0 Å².